The van der Waals surface area contributed by atoms with Crippen LogP contribution < -0.4 is 0 Å². The van der Waals surface area contributed by atoms with E-state index in [1.165, 1.54) is 0 Å². The van der Waals surface area contributed by atoms with Gasteiger partial charge in [0.25, 0.3) is 0 Å². The molecule has 0 radical (unpaired) electrons. The molecule has 0 saturated carbocycles. The molecule has 0 fully saturated rings. The Balaban J connectivity index is 1.64. The first-order chi connectivity index (χ1) is 10.2. The van der Waals surface area contributed by atoms with Crippen molar-refractivity contribution in [2.75, 3.05) is 0 Å². The molecule has 0 bridgehead atoms. The topological polar surface area (TPSA) is 39.2 Å². The van der Waals surface area contributed by atoms with Gasteiger partial charge in [0.05, 0.1) is 11.3 Å². The fraction of sp³-hybridized carbons (Fsp3) is 0.0667. The van der Waals surface area contributed by atoms with Gasteiger partial charge in [0.15, 0.2) is 0 Å². The standard InChI is InChI=1S/C15H10BrNO2S2/c16-12-3-1-2-10(6-12)15(18)19-7-13-9-21-14(17-13)11-4-5-20-8-11/h1-6,8-9H,7H2. The number of esters is 1. The highest BCUT2D eigenvalue weighted by molar-refractivity contribution is 9.10. The summed E-state index contributed by atoms with van der Waals surface area (Å²) >= 11 is 6.53. The summed E-state index contributed by atoms with van der Waals surface area (Å²) in [6.45, 7) is 0.186. The predicted molar refractivity (Wildman–Crippen MR) is 88.7 cm³/mol. The molecule has 3 rings (SSSR count). The molecule has 3 aromatic rings. The molecular formula is C15H10BrNO2S2. The number of hydrogen-bond acceptors (Lipinski definition) is 5. The Labute approximate surface area is 138 Å². The maximum atomic E-state index is 11.9. The molecule has 106 valence electrons. The van der Waals surface area contributed by atoms with E-state index in [0.717, 1.165) is 20.7 Å². The molecule has 0 N–H and O–H groups in total. The zero-order chi connectivity index (χ0) is 14.7. The van der Waals surface area contributed by atoms with E-state index in [0.29, 0.717) is 5.56 Å². The maximum absolute atomic E-state index is 11.9. The predicted octanol–water partition coefficient (Wildman–Crippen LogP) is 4.99. The zero-order valence-corrected chi connectivity index (χ0v) is 14.0. The number of carbonyl (C=O) groups is 1. The number of nitrogens with zero attached hydrogens (tertiary/aromatic N) is 1. The fourth-order valence-electron chi connectivity index (χ4n) is 1.73. The second-order valence-electron chi connectivity index (χ2n) is 4.24. The third kappa shape index (κ3) is 3.58. The van der Waals surface area contributed by atoms with Gasteiger partial charge >= 0.3 is 5.97 Å². The number of hydrogen-bond donors (Lipinski definition) is 0. The molecule has 0 aliphatic carbocycles. The minimum absolute atomic E-state index is 0.186. The lowest BCUT2D eigenvalue weighted by Crippen LogP contribution is -2.05. The first kappa shape index (κ1) is 14.4. The first-order valence-electron chi connectivity index (χ1n) is 6.12. The van der Waals surface area contributed by atoms with E-state index in [1.54, 1.807) is 40.9 Å². The Morgan fingerprint density at radius 2 is 2.19 bits per heavy atom. The number of thiazole rings is 1. The maximum Gasteiger partial charge on any atom is 0.338 e. The van der Waals surface area contributed by atoms with E-state index >= 15 is 0 Å². The third-order valence-electron chi connectivity index (χ3n) is 2.73. The molecule has 2 aromatic heterocycles. The van der Waals surface area contributed by atoms with E-state index in [1.807, 2.05) is 22.9 Å². The number of thiophene rings is 1. The number of benzene rings is 1. The van der Waals surface area contributed by atoms with Crippen LogP contribution in [0, 0.1) is 0 Å². The van der Waals surface area contributed by atoms with Gasteiger partial charge < -0.3 is 4.74 Å². The summed E-state index contributed by atoms with van der Waals surface area (Å²) in [4.78, 5) is 16.4. The first-order valence-corrected chi connectivity index (χ1v) is 8.73. The van der Waals surface area contributed by atoms with Crippen LogP contribution in [-0.4, -0.2) is 11.0 Å². The largest absolute Gasteiger partial charge is 0.456 e. The van der Waals surface area contributed by atoms with Crippen LogP contribution in [0.2, 0.25) is 0 Å². The van der Waals surface area contributed by atoms with Gasteiger partial charge in [-0.15, -0.1) is 11.3 Å². The Morgan fingerprint density at radius 1 is 1.29 bits per heavy atom. The monoisotopic (exact) mass is 379 g/mol. The van der Waals surface area contributed by atoms with E-state index in [4.69, 9.17) is 4.74 Å². The van der Waals surface area contributed by atoms with Crippen molar-refractivity contribution in [2.24, 2.45) is 0 Å². The summed E-state index contributed by atoms with van der Waals surface area (Å²) in [5.41, 5.74) is 2.40. The molecule has 0 saturated heterocycles. The number of carbonyl (C=O) groups excluding carboxylic acids is 1. The van der Waals surface area contributed by atoms with Gasteiger partial charge in [0, 0.05) is 20.8 Å². The van der Waals surface area contributed by atoms with Crippen molar-refractivity contribution in [1.82, 2.24) is 4.98 Å². The van der Waals surface area contributed by atoms with E-state index in [9.17, 15) is 4.79 Å². The average Bonchev–Trinajstić information content (AvgIpc) is 3.15. The van der Waals surface area contributed by atoms with E-state index < -0.39 is 0 Å². The summed E-state index contributed by atoms with van der Waals surface area (Å²) in [5.74, 6) is -0.346. The lowest BCUT2D eigenvalue weighted by atomic mass is 10.2. The lowest BCUT2D eigenvalue weighted by molar-refractivity contribution is 0.0468. The van der Waals surface area contributed by atoms with Gasteiger partial charge in [-0.1, -0.05) is 22.0 Å². The third-order valence-corrected chi connectivity index (χ3v) is 4.85. The molecule has 0 unspecified atom stereocenters. The van der Waals surface area contributed by atoms with Crippen molar-refractivity contribution in [2.45, 2.75) is 6.61 Å². The Hall–Kier alpha value is -1.50. The molecule has 0 aliphatic heterocycles. The van der Waals surface area contributed by atoms with Crippen molar-refractivity contribution in [1.29, 1.82) is 0 Å². The number of aromatic nitrogens is 1. The smallest absolute Gasteiger partial charge is 0.338 e. The number of halogens is 1. The average molecular weight is 380 g/mol. The summed E-state index contributed by atoms with van der Waals surface area (Å²) < 4.78 is 6.14. The molecule has 0 amide bonds. The van der Waals surface area contributed by atoms with Gasteiger partial charge in [0.2, 0.25) is 0 Å². The molecule has 2 heterocycles. The van der Waals surface area contributed by atoms with Crippen molar-refractivity contribution < 1.29 is 9.53 Å². The van der Waals surface area contributed by atoms with E-state index in [-0.39, 0.29) is 12.6 Å². The number of rotatable bonds is 4. The Kier molecular flexibility index (Phi) is 4.48. The van der Waals surface area contributed by atoms with Crippen LogP contribution in [0.5, 0.6) is 0 Å². The second kappa shape index (κ2) is 6.51. The van der Waals surface area contributed by atoms with Gasteiger partial charge in [-0.2, -0.15) is 11.3 Å². The van der Waals surface area contributed by atoms with Gasteiger partial charge in [-0.05, 0) is 29.6 Å². The number of ether oxygens (including phenoxy) is 1. The van der Waals surface area contributed by atoms with Crippen LogP contribution in [0.15, 0.2) is 50.9 Å². The normalized spacial score (nSPS) is 10.5. The summed E-state index contributed by atoms with van der Waals surface area (Å²) in [7, 11) is 0. The van der Waals surface area contributed by atoms with E-state index in [2.05, 4.69) is 26.3 Å². The van der Waals surface area contributed by atoms with Crippen LogP contribution in [0.25, 0.3) is 10.6 Å². The molecule has 3 nitrogen and oxygen atoms in total. The molecule has 6 heteroatoms. The minimum atomic E-state index is -0.346. The highest BCUT2D eigenvalue weighted by Gasteiger charge is 2.10. The molecular weight excluding hydrogens is 370 g/mol. The Bertz CT molecular complexity index is 753. The second-order valence-corrected chi connectivity index (χ2v) is 6.80. The Morgan fingerprint density at radius 3 is 2.95 bits per heavy atom. The quantitative estimate of drug-likeness (QED) is 0.599. The van der Waals surface area contributed by atoms with Crippen LogP contribution in [0.1, 0.15) is 16.1 Å². The molecule has 1 aromatic carbocycles. The summed E-state index contributed by atoms with van der Waals surface area (Å²) in [6, 6.07) is 9.16. The van der Waals surface area contributed by atoms with Crippen LogP contribution >= 0.6 is 38.6 Å². The molecule has 0 spiro atoms. The highest BCUT2D eigenvalue weighted by Crippen LogP contribution is 2.26. The fourth-order valence-corrected chi connectivity index (χ4v) is 3.65. The van der Waals surface area contributed by atoms with Crippen LogP contribution in [0.4, 0.5) is 0 Å². The zero-order valence-electron chi connectivity index (χ0n) is 10.8. The lowest BCUT2D eigenvalue weighted by Gasteiger charge is -2.03. The SMILES string of the molecule is O=C(OCc1csc(-c2ccsc2)n1)c1cccc(Br)c1. The van der Waals surface area contributed by atoms with Crippen molar-refractivity contribution in [3.05, 3.63) is 62.2 Å². The van der Waals surface area contributed by atoms with Crippen molar-refractivity contribution in [3.63, 3.8) is 0 Å². The van der Waals surface area contributed by atoms with Gasteiger partial charge in [0.1, 0.15) is 11.6 Å². The highest BCUT2D eigenvalue weighted by atomic mass is 79.9. The van der Waals surface area contributed by atoms with Crippen LogP contribution in [-0.2, 0) is 11.3 Å². The van der Waals surface area contributed by atoms with Gasteiger partial charge in [-0.3, -0.25) is 0 Å². The molecule has 0 aliphatic rings. The van der Waals surface area contributed by atoms with Crippen LogP contribution in [0.3, 0.4) is 0 Å². The van der Waals surface area contributed by atoms with Crippen molar-refractivity contribution in [3.8, 4) is 10.6 Å². The molecule has 0 atom stereocenters. The molecule has 21 heavy (non-hydrogen) atoms. The summed E-state index contributed by atoms with van der Waals surface area (Å²) in [5, 5.41) is 6.94. The minimum Gasteiger partial charge on any atom is -0.456 e. The van der Waals surface area contributed by atoms with Gasteiger partial charge in [-0.25, -0.2) is 9.78 Å². The van der Waals surface area contributed by atoms with Crippen molar-refractivity contribution >= 4 is 44.6 Å². The summed E-state index contributed by atoms with van der Waals surface area (Å²) in [6.07, 6.45) is 0.